The van der Waals surface area contributed by atoms with Crippen LogP contribution in [0.15, 0.2) is 66.7 Å². The highest BCUT2D eigenvalue weighted by Crippen LogP contribution is 2.50. The molecule has 132 valence electrons. The summed E-state index contributed by atoms with van der Waals surface area (Å²) in [6.45, 7) is 0. The van der Waals surface area contributed by atoms with Crippen LogP contribution in [0, 0.1) is 0 Å². The highest BCUT2D eigenvalue weighted by atomic mass is 16.3. The summed E-state index contributed by atoms with van der Waals surface area (Å²) in [4.78, 5) is 0. The van der Waals surface area contributed by atoms with Crippen LogP contribution in [-0.2, 0) is 0 Å². The maximum absolute atomic E-state index is 11.1. The average Bonchev–Trinajstić information content (AvgIpc) is 2.70. The minimum atomic E-state index is 0.217. The molecule has 0 aromatic heterocycles. The maximum atomic E-state index is 11.1. The topological polar surface area (TPSA) is 40.5 Å². The number of hydrogen-bond donors (Lipinski definition) is 2. The first kappa shape index (κ1) is 16.7. The summed E-state index contributed by atoms with van der Waals surface area (Å²) in [5, 5.41) is 22.2. The predicted octanol–water partition coefficient (Wildman–Crippen LogP) is 6.48. The Morgan fingerprint density at radius 2 is 1.08 bits per heavy atom. The molecule has 0 bridgehead atoms. The summed E-state index contributed by atoms with van der Waals surface area (Å²) in [5.41, 5.74) is 4.26. The zero-order chi connectivity index (χ0) is 17.9. The third-order valence-corrected chi connectivity index (χ3v) is 5.49. The van der Waals surface area contributed by atoms with E-state index in [2.05, 4.69) is 0 Å². The summed E-state index contributed by atoms with van der Waals surface area (Å²) in [7, 11) is 0. The Labute approximate surface area is 154 Å². The molecule has 1 saturated carbocycles. The first-order valence-electron chi connectivity index (χ1n) is 9.45. The molecule has 0 unspecified atom stereocenters. The molecule has 1 aliphatic rings. The van der Waals surface area contributed by atoms with Gasteiger partial charge in [-0.1, -0.05) is 79.9 Å². The van der Waals surface area contributed by atoms with Gasteiger partial charge in [-0.25, -0.2) is 0 Å². The fourth-order valence-corrected chi connectivity index (χ4v) is 4.14. The lowest BCUT2D eigenvalue weighted by Crippen LogP contribution is -2.06. The SMILES string of the molecule is Oc1c(-c2ccccc2)cc(-c2ccccc2)c(O)c1C1CCCCC1. The molecule has 2 nitrogen and oxygen atoms in total. The van der Waals surface area contributed by atoms with E-state index in [4.69, 9.17) is 0 Å². The Balaban J connectivity index is 1.95. The average molecular weight is 344 g/mol. The lowest BCUT2D eigenvalue weighted by Gasteiger charge is -2.26. The van der Waals surface area contributed by atoms with E-state index >= 15 is 0 Å². The Bertz CT molecular complexity index is 815. The van der Waals surface area contributed by atoms with Crippen molar-refractivity contribution in [1.82, 2.24) is 0 Å². The monoisotopic (exact) mass is 344 g/mol. The van der Waals surface area contributed by atoms with Gasteiger partial charge in [0.05, 0.1) is 0 Å². The van der Waals surface area contributed by atoms with E-state index in [0.29, 0.717) is 0 Å². The Morgan fingerprint density at radius 3 is 1.54 bits per heavy atom. The molecular formula is C24H24O2. The lowest BCUT2D eigenvalue weighted by molar-refractivity contribution is 0.391. The van der Waals surface area contributed by atoms with Crippen molar-refractivity contribution >= 4 is 0 Å². The fourth-order valence-electron chi connectivity index (χ4n) is 4.14. The number of phenolic OH excluding ortho intramolecular Hbond substituents is 2. The molecule has 3 aromatic carbocycles. The van der Waals surface area contributed by atoms with E-state index in [9.17, 15) is 10.2 Å². The van der Waals surface area contributed by atoms with Crippen LogP contribution in [0.25, 0.3) is 22.3 Å². The molecule has 0 saturated heterocycles. The van der Waals surface area contributed by atoms with Crippen LogP contribution in [-0.4, -0.2) is 10.2 Å². The van der Waals surface area contributed by atoms with Gasteiger partial charge in [0.15, 0.2) is 0 Å². The van der Waals surface area contributed by atoms with Crippen molar-refractivity contribution in [3.8, 4) is 33.8 Å². The first-order valence-corrected chi connectivity index (χ1v) is 9.45. The Hall–Kier alpha value is -2.74. The number of hydrogen-bond acceptors (Lipinski definition) is 2. The highest BCUT2D eigenvalue weighted by Gasteiger charge is 2.26. The van der Waals surface area contributed by atoms with E-state index in [1.54, 1.807) is 0 Å². The maximum Gasteiger partial charge on any atom is 0.130 e. The van der Waals surface area contributed by atoms with Gasteiger partial charge in [-0.3, -0.25) is 0 Å². The molecule has 0 radical (unpaired) electrons. The lowest BCUT2D eigenvalue weighted by atomic mass is 9.80. The van der Waals surface area contributed by atoms with Crippen molar-refractivity contribution in [3.63, 3.8) is 0 Å². The zero-order valence-electron chi connectivity index (χ0n) is 14.9. The Kier molecular flexibility index (Phi) is 4.66. The van der Waals surface area contributed by atoms with Gasteiger partial charge in [0.1, 0.15) is 11.5 Å². The fraction of sp³-hybridized carbons (Fsp3) is 0.250. The summed E-state index contributed by atoms with van der Waals surface area (Å²) < 4.78 is 0. The molecule has 0 atom stereocenters. The summed E-state index contributed by atoms with van der Waals surface area (Å²) in [5.74, 6) is 0.690. The second-order valence-corrected chi connectivity index (χ2v) is 7.15. The van der Waals surface area contributed by atoms with Crippen molar-refractivity contribution in [2.75, 3.05) is 0 Å². The molecule has 2 heteroatoms. The summed E-state index contributed by atoms with van der Waals surface area (Å²) >= 11 is 0. The second-order valence-electron chi connectivity index (χ2n) is 7.15. The molecule has 1 aliphatic carbocycles. The van der Waals surface area contributed by atoms with Crippen LogP contribution in [0.2, 0.25) is 0 Å². The minimum absolute atomic E-state index is 0.217. The number of rotatable bonds is 3. The minimum Gasteiger partial charge on any atom is -0.507 e. The third-order valence-electron chi connectivity index (χ3n) is 5.49. The van der Waals surface area contributed by atoms with Gasteiger partial charge in [-0.2, -0.15) is 0 Å². The van der Waals surface area contributed by atoms with Crippen LogP contribution in [0.5, 0.6) is 11.5 Å². The van der Waals surface area contributed by atoms with Crippen LogP contribution >= 0.6 is 0 Å². The quantitative estimate of drug-likeness (QED) is 0.571. The molecule has 26 heavy (non-hydrogen) atoms. The van der Waals surface area contributed by atoms with E-state index in [-0.39, 0.29) is 17.4 Å². The highest BCUT2D eigenvalue weighted by molar-refractivity contribution is 5.84. The Morgan fingerprint density at radius 1 is 0.615 bits per heavy atom. The number of phenols is 2. The molecule has 0 aliphatic heterocycles. The molecule has 3 aromatic rings. The molecule has 0 spiro atoms. The van der Waals surface area contributed by atoms with Crippen molar-refractivity contribution in [1.29, 1.82) is 0 Å². The van der Waals surface area contributed by atoms with Crippen LogP contribution in [0.3, 0.4) is 0 Å². The largest absolute Gasteiger partial charge is 0.507 e. The van der Waals surface area contributed by atoms with Gasteiger partial charge in [-0.15, -0.1) is 0 Å². The van der Waals surface area contributed by atoms with Gasteiger partial charge >= 0.3 is 0 Å². The van der Waals surface area contributed by atoms with E-state index in [0.717, 1.165) is 53.5 Å². The molecule has 0 amide bonds. The van der Waals surface area contributed by atoms with Gasteiger partial charge in [-0.05, 0) is 36.0 Å². The van der Waals surface area contributed by atoms with Crippen molar-refractivity contribution in [2.45, 2.75) is 38.0 Å². The van der Waals surface area contributed by atoms with Crippen LogP contribution < -0.4 is 0 Å². The molecule has 1 fully saturated rings. The van der Waals surface area contributed by atoms with Gasteiger partial charge < -0.3 is 10.2 Å². The normalized spacial score (nSPS) is 15.1. The van der Waals surface area contributed by atoms with Crippen molar-refractivity contribution < 1.29 is 10.2 Å². The standard InChI is InChI=1S/C24H24O2/c25-23-20(17-10-4-1-5-11-17)16-21(18-12-6-2-7-13-18)24(26)22(23)19-14-8-3-9-15-19/h1-2,4-7,10-13,16,19,25-26H,3,8-9,14-15H2. The van der Waals surface area contributed by atoms with Crippen molar-refractivity contribution in [2.24, 2.45) is 0 Å². The van der Waals surface area contributed by atoms with Gasteiger partial charge in [0.25, 0.3) is 0 Å². The molecule has 4 rings (SSSR count). The molecule has 2 N–H and O–H groups in total. The first-order chi connectivity index (χ1) is 12.8. The summed E-state index contributed by atoms with van der Waals surface area (Å²) in [6, 6.07) is 21.8. The van der Waals surface area contributed by atoms with E-state index in [1.165, 1.54) is 6.42 Å². The molecule has 0 heterocycles. The zero-order valence-corrected chi connectivity index (χ0v) is 14.9. The summed E-state index contributed by atoms with van der Waals surface area (Å²) in [6.07, 6.45) is 5.59. The smallest absolute Gasteiger partial charge is 0.130 e. The third kappa shape index (κ3) is 3.08. The van der Waals surface area contributed by atoms with Gasteiger partial charge in [0, 0.05) is 16.7 Å². The number of aromatic hydroxyl groups is 2. The number of benzene rings is 3. The van der Waals surface area contributed by atoms with Crippen LogP contribution in [0.1, 0.15) is 43.6 Å². The molecular weight excluding hydrogens is 320 g/mol. The van der Waals surface area contributed by atoms with Gasteiger partial charge in [0.2, 0.25) is 0 Å². The second kappa shape index (κ2) is 7.25. The van der Waals surface area contributed by atoms with E-state index in [1.807, 2.05) is 66.7 Å². The van der Waals surface area contributed by atoms with E-state index < -0.39 is 0 Å². The predicted molar refractivity (Wildman–Crippen MR) is 106 cm³/mol. The van der Waals surface area contributed by atoms with Crippen LogP contribution in [0.4, 0.5) is 0 Å². The van der Waals surface area contributed by atoms with Crippen molar-refractivity contribution in [3.05, 3.63) is 72.3 Å².